The van der Waals surface area contributed by atoms with Gasteiger partial charge in [-0.25, -0.2) is 0 Å². The van der Waals surface area contributed by atoms with Gasteiger partial charge in [-0.15, -0.1) is 11.6 Å². The zero-order chi connectivity index (χ0) is 14.0. The molecule has 2 bridgehead atoms. The van der Waals surface area contributed by atoms with E-state index in [9.17, 15) is 10.1 Å². The number of benzene rings is 1. The summed E-state index contributed by atoms with van der Waals surface area (Å²) in [5, 5.41) is 9.41. The van der Waals surface area contributed by atoms with Crippen molar-refractivity contribution in [2.45, 2.75) is 23.9 Å². The highest BCUT2D eigenvalue weighted by atomic mass is 35.5. The monoisotopic (exact) mass is 284 g/mol. The van der Waals surface area contributed by atoms with Crippen LogP contribution in [0.5, 0.6) is 0 Å². The molecule has 1 heterocycles. The number of likely N-dealkylation sites (tertiary alicyclic amines) is 1. The average Bonchev–Trinajstić information content (AvgIpc) is 3.08. The summed E-state index contributed by atoms with van der Waals surface area (Å²) in [6, 6.07) is 12.2. The average molecular weight is 285 g/mol. The van der Waals surface area contributed by atoms with Gasteiger partial charge in [0, 0.05) is 12.5 Å². The maximum Gasteiger partial charge on any atom is 0.246 e. The van der Waals surface area contributed by atoms with Crippen LogP contribution >= 0.6 is 11.6 Å². The van der Waals surface area contributed by atoms with Crippen LogP contribution in [-0.2, 0) is 11.3 Å². The van der Waals surface area contributed by atoms with E-state index < -0.39 is 10.3 Å². The molecule has 4 heteroatoms. The van der Waals surface area contributed by atoms with Crippen LogP contribution in [0.2, 0.25) is 0 Å². The van der Waals surface area contributed by atoms with Crippen LogP contribution in [0.3, 0.4) is 0 Å². The number of rotatable bonds is 2. The number of halogens is 1. The predicted octanol–water partition coefficient (Wildman–Crippen LogP) is 2.47. The van der Waals surface area contributed by atoms with Gasteiger partial charge in [0.1, 0.15) is 5.41 Å². The zero-order valence-corrected chi connectivity index (χ0v) is 11.5. The molecule has 1 saturated heterocycles. The van der Waals surface area contributed by atoms with Crippen molar-refractivity contribution in [3.63, 3.8) is 0 Å². The highest BCUT2D eigenvalue weighted by Gasteiger charge is 2.83. The number of nitriles is 1. The lowest BCUT2D eigenvalue weighted by Gasteiger charge is -2.35. The number of allylic oxidation sites excluding steroid dienone is 1. The van der Waals surface area contributed by atoms with Gasteiger partial charge >= 0.3 is 0 Å². The molecule has 0 spiro atoms. The Hall–Kier alpha value is -1.79. The maximum absolute atomic E-state index is 12.7. The third kappa shape index (κ3) is 1.19. The Morgan fingerprint density at radius 1 is 1.40 bits per heavy atom. The van der Waals surface area contributed by atoms with Gasteiger partial charge in [-0.05, 0) is 12.0 Å². The Morgan fingerprint density at radius 2 is 2.15 bits per heavy atom. The second kappa shape index (κ2) is 3.65. The van der Waals surface area contributed by atoms with Crippen molar-refractivity contribution in [2.75, 3.05) is 0 Å². The van der Waals surface area contributed by atoms with Crippen molar-refractivity contribution in [2.24, 2.45) is 11.3 Å². The summed E-state index contributed by atoms with van der Waals surface area (Å²) in [5.74, 6) is -0.105. The SMILES string of the molecule is N#C[C@]12C=C[C@@H]3C[C@H]1[C@@]2(Cl)C(=O)N3Cc1ccccc1. The molecule has 1 amide bonds. The van der Waals surface area contributed by atoms with E-state index in [2.05, 4.69) is 6.07 Å². The molecular weight excluding hydrogens is 272 g/mol. The quantitative estimate of drug-likeness (QED) is 0.618. The van der Waals surface area contributed by atoms with E-state index in [4.69, 9.17) is 11.6 Å². The van der Waals surface area contributed by atoms with Crippen LogP contribution in [0.1, 0.15) is 12.0 Å². The van der Waals surface area contributed by atoms with E-state index in [1.807, 2.05) is 47.4 Å². The van der Waals surface area contributed by atoms with E-state index in [0.717, 1.165) is 12.0 Å². The van der Waals surface area contributed by atoms with Crippen LogP contribution in [0.4, 0.5) is 0 Å². The molecule has 1 aromatic carbocycles. The van der Waals surface area contributed by atoms with Crippen molar-refractivity contribution in [3.8, 4) is 6.07 Å². The Morgan fingerprint density at radius 3 is 2.85 bits per heavy atom. The standard InChI is InChI=1S/C16H13ClN2O/c17-16-13-8-12(6-7-15(13,16)10-18)19(14(16)20)9-11-4-2-1-3-5-11/h1-7,12-13H,8-9H2/t12-,13-,15-,16-/m1/s1. The normalized spacial score (nSPS) is 40.4. The van der Waals surface area contributed by atoms with Gasteiger partial charge in [-0.1, -0.05) is 42.5 Å². The van der Waals surface area contributed by atoms with Crippen LogP contribution < -0.4 is 0 Å². The molecule has 1 saturated carbocycles. The van der Waals surface area contributed by atoms with Gasteiger partial charge in [0.15, 0.2) is 4.87 Å². The van der Waals surface area contributed by atoms with Crippen LogP contribution in [-0.4, -0.2) is 21.7 Å². The first-order chi connectivity index (χ1) is 9.63. The Kier molecular flexibility index (Phi) is 2.19. The van der Waals surface area contributed by atoms with E-state index >= 15 is 0 Å². The van der Waals surface area contributed by atoms with Gasteiger partial charge < -0.3 is 4.90 Å². The van der Waals surface area contributed by atoms with E-state index in [0.29, 0.717) is 6.54 Å². The van der Waals surface area contributed by atoms with Crippen LogP contribution in [0.25, 0.3) is 0 Å². The van der Waals surface area contributed by atoms with Crippen molar-refractivity contribution in [1.29, 1.82) is 5.26 Å². The number of nitrogens with zero attached hydrogens (tertiary/aromatic N) is 2. The molecule has 100 valence electrons. The number of hydrogen-bond acceptors (Lipinski definition) is 2. The molecule has 3 aliphatic rings. The van der Waals surface area contributed by atoms with Gasteiger partial charge in [-0.3, -0.25) is 4.79 Å². The number of piperidine rings is 1. The minimum Gasteiger partial charge on any atom is -0.330 e. The predicted molar refractivity (Wildman–Crippen MR) is 74.7 cm³/mol. The third-order valence-corrected chi connectivity index (χ3v) is 5.70. The first-order valence-electron chi connectivity index (χ1n) is 6.78. The van der Waals surface area contributed by atoms with Crippen LogP contribution in [0.15, 0.2) is 42.5 Å². The lowest BCUT2D eigenvalue weighted by Crippen LogP contribution is -2.48. The number of fused-ring (bicyclic) bond motifs is 2. The van der Waals surface area contributed by atoms with E-state index in [-0.39, 0.29) is 17.9 Å². The Balaban J connectivity index is 1.70. The molecule has 20 heavy (non-hydrogen) atoms. The Bertz CT molecular complexity index is 665. The highest BCUT2D eigenvalue weighted by Crippen LogP contribution is 2.73. The van der Waals surface area contributed by atoms with Crippen molar-refractivity contribution >= 4 is 17.5 Å². The van der Waals surface area contributed by atoms with Gasteiger partial charge in [0.2, 0.25) is 5.91 Å². The highest BCUT2D eigenvalue weighted by molar-refractivity contribution is 6.40. The summed E-state index contributed by atoms with van der Waals surface area (Å²) in [6.07, 6.45) is 4.64. The lowest BCUT2D eigenvalue weighted by atomic mass is 9.93. The summed E-state index contributed by atoms with van der Waals surface area (Å²) in [5.41, 5.74) is 0.316. The number of carbonyl (C=O) groups excluding carboxylic acids is 1. The topological polar surface area (TPSA) is 44.1 Å². The van der Waals surface area contributed by atoms with Crippen LogP contribution in [0, 0.1) is 22.7 Å². The second-order valence-electron chi connectivity index (χ2n) is 5.83. The fourth-order valence-electron chi connectivity index (χ4n) is 3.79. The van der Waals surface area contributed by atoms with E-state index in [1.165, 1.54) is 0 Å². The lowest BCUT2D eigenvalue weighted by molar-refractivity contribution is -0.136. The first kappa shape index (κ1) is 12.0. The van der Waals surface area contributed by atoms with Gasteiger partial charge in [-0.2, -0.15) is 5.26 Å². The number of amides is 1. The molecule has 4 atom stereocenters. The molecule has 1 aromatic rings. The maximum atomic E-state index is 12.7. The minimum absolute atomic E-state index is 0.0174. The number of carbonyl (C=O) groups is 1. The van der Waals surface area contributed by atoms with Crippen molar-refractivity contribution in [3.05, 3.63) is 48.0 Å². The first-order valence-corrected chi connectivity index (χ1v) is 7.16. The summed E-state index contributed by atoms with van der Waals surface area (Å²) in [6.45, 7) is 0.553. The summed E-state index contributed by atoms with van der Waals surface area (Å²) in [4.78, 5) is 13.5. The molecule has 3 nitrogen and oxygen atoms in total. The van der Waals surface area contributed by atoms with Gasteiger partial charge in [0.25, 0.3) is 0 Å². The molecule has 0 aromatic heterocycles. The third-order valence-electron chi connectivity index (χ3n) is 4.96. The zero-order valence-electron chi connectivity index (χ0n) is 10.8. The van der Waals surface area contributed by atoms with Crippen molar-refractivity contribution < 1.29 is 4.79 Å². The molecule has 0 radical (unpaired) electrons. The molecule has 2 fully saturated rings. The largest absolute Gasteiger partial charge is 0.330 e. The number of hydrogen-bond donors (Lipinski definition) is 0. The van der Waals surface area contributed by atoms with E-state index in [1.54, 1.807) is 0 Å². The van der Waals surface area contributed by atoms with Crippen molar-refractivity contribution in [1.82, 2.24) is 4.90 Å². The minimum atomic E-state index is -1.03. The molecule has 0 N–H and O–H groups in total. The fourth-order valence-corrected chi connectivity index (χ4v) is 4.34. The van der Waals surface area contributed by atoms with Gasteiger partial charge in [0.05, 0.1) is 12.1 Å². The summed E-state index contributed by atoms with van der Waals surface area (Å²) in [7, 11) is 0. The molecular formula is C16H13ClN2O. The molecule has 0 unspecified atom stereocenters. The summed E-state index contributed by atoms with van der Waals surface area (Å²) < 4.78 is 0. The molecule has 1 aliphatic heterocycles. The molecule has 4 rings (SSSR count). The Labute approximate surface area is 122 Å². The smallest absolute Gasteiger partial charge is 0.246 e. The fraction of sp³-hybridized carbons (Fsp3) is 0.375. The summed E-state index contributed by atoms with van der Waals surface area (Å²) >= 11 is 6.54. The second-order valence-corrected chi connectivity index (χ2v) is 6.42. The molecule has 2 aliphatic carbocycles. The number of alkyl halides is 1.